The molecule has 0 heterocycles. The van der Waals surface area contributed by atoms with Crippen LogP contribution in [0.15, 0.2) is 42.0 Å². The van der Waals surface area contributed by atoms with Crippen molar-refractivity contribution in [2.75, 3.05) is 7.11 Å². The number of nitriles is 3. The Morgan fingerprint density at radius 3 is 2.52 bits per heavy atom. The summed E-state index contributed by atoms with van der Waals surface area (Å²) in [5, 5.41) is 26.9. The summed E-state index contributed by atoms with van der Waals surface area (Å²) in [4.78, 5) is 0. The van der Waals surface area contributed by atoms with Crippen LogP contribution in [0.5, 0.6) is 11.5 Å². The fraction of sp³-hybridized carbons (Fsp3) is 0.105. The molecule has 0 amide bonds. The number of nitrogens with zero attached hydrogens (tertiary/aromatic N) is 3. The first-order chi connectivity index (χ1) is 12.1. The fourth-order valence-corrected chi connectivity index (χ4v) is 2.91. The van der Waals surface area contributed by atoms with Gasteiger partial charge in [0.05, 0.1) is 22.3 Å². The van der Waals surface area contributed by atoms with E-state index in [-0.39, 0.29) is 12.2 Å². The molecule has 5 nitrogen and oxygen atoms in total. The van der Waals surface area contributed by atoms with E-state index in [4.69, 9.17) is 25.3 Å². The highest BCUT2D eigenvalue weighted by molar-refractivity contribution is 14.1. The Bertz CT molecular complexity index is 931. The summed E-state index contributed by atoms with van der Waals surface area (Å²) >= 11 is 2.10. The van der Waals surface area contributed by atoms with Crippen molar-refractivity contribution in [2.45, 2.75) is 6.61 Å². The van der Waals surface area contributed by atoms with Gasteiger partial charge in [-0.05, 0) is 52.4 Å². The highest BCUT2D eigenvalue weighted by Gasteiger charge is 2.13. The molecule has 0 bridgehead atoms. The van der Waals surface area contributed by atoms with Gasteiger partial charge in [0.25, 0.3) is 0 Å². The number of benzene rings is 2. The lowest BCUT2D eigenvalue weighted by Crippen LogP contribution is -2.02. The lowest BCUT2D eigenvalue weighted by atomic mass is 10.1. The zero-order valence-electron chi connectivity index (χ0n) is 13.3. The van der Waals surface area contributed by atoms with E-state index in [1.54, 1.807) is 24.3 Å². The third-order valence-electron chi connectivity index (χ3n) is 3.31. The third-order valence-corrected chi connectivity index (χ3v) is 4.11. The van der Waals surface area contributed by atoms with Gasteiger partial charge < -0.3 is 9.47 Å². The number of ether oxygens (including phenoxy) is 2. The van der Waals surface area contributed by atoms with E-state index in [1.165, 1.54) is 13.2 Å². The highest BCUT2D eigenvalue weighted by atomic mass is 127. The minimum atomic E-state index is 0.00877. The minimum Gasteiger partial charge on any atom is -0.493 e. The zero-order valence-corrected chi connectivity index (χ0v) is 15.4. The molecule has 0 saturated heterocycles. The minimum absolute atomic E-state index is 0.00877. The first-order valence-electron chi connectivity index (χ1n) is 7.13. The van der Waals surface area contributed by atoms with Gasteiger partial charge in [-0.25, -0.2) is 0 Å². The molecule has 0 unspecified atom stereocenters. The Hall–Kier alpha value is -3.02. The van der Waals surface area contributed by atoms with Crippen LogP contribution in [-0.2, 0) is 6.61 Å². The molecule has 0 fully saturated rings. The molecule has 0 aromatic heterocycles. The molecule has 2 aromatic rings. The molecule has 0 aliphatic heterocycles. The predicted octanol–water partition coefficient (Wildman–Crippen LogP) is 4.18. The molecule has 0 N–H and O–H groups in total. The van der Waals surface area contributed by atoms with Crippen molar-refractivity contribution in [3.8, 4) is 29.7 Å². The van der Waals surface area contributed by atoms with Crippen LogP contribution in [0.2, 0.25) is 0 Å². The van der Waals surface area contributed by atoms with E-state index < -0.39 is 0 Å². The Kier molecular flexibility index (Phi) is 6.39. The van der Waals surface area contributed by atoms with Crippen molar-refractivity contribution in [1.29, 1.82) is 15.8 Å². The van der Waals surface area contributed by atoms with Crippen molar-refractivity contribution < 1.29 is 9.47 Å². The van der Waals surface area contributed by atoms with E-state index in [1.807, 2.05) is 24.3 Å². The van der Waals surface area contributed by atoms with Crippen molar-refractivity contribution in [3.05, 3.63) is 62.2 Å². The normalized spacial score (nSPS) is 9.24. The topological polar surface area (TPSA) is 89.8 Å². The summed E-state index contributed by atoms with van der Waals surface area (Å²) in [6.07, 6.45) is 1.49. The van der Waals surface area contributed by atoms with Crippen LogP contribution < -0.4 is 9.47 Å². The molecule has 2 aromatic carbocycles. The second kappa shape index (κ2) is 8.73. The van der Waals surface area contributed by atoms with Crippen LogP contribution in [0.4, 0.5) is 0 Å². The Morgan fingerprint density at radius 2 is 1.88 bits per heavy atom. The maximum Gasteiger partial charge on any atom is 0.174 e. The summed E-state index contributed by atoms with van der Waals surface area (Å²) in [6.45, 7) is 0.229. The molecule has 0 atom stereocenters. The van der Waals surface area contributed by atoms with E-state index in [9.17, 15) is 0 Å². The van der Waals surface area contributed by atoms with Crippen LogP contribution >= 0.6 is 22.6 Å². The fourth-order valence-electron chi connectivity index (χ4n) is 2.12. The lowest BCUT2D eigenvalue weighted by molar-refractivity contribution is 0.282. The number of hydrogen-bond donors (Lipinski definition) is 0. The summed E-state index contributed by atoms with van der Waals surface area (Å²) in [5.74, 6) is 1.03. The van der Waals surface area contributed by atoms with Crippen molar-refractivity contribution in [3.63, 3.8) is 0 Å². The molecular formula is C19H12IN3O2. The van der Waals surface area contributed by atoms with Gasteiger partial charge in [-0.15, -0.1) is 0 Å². The smallest absolute Gasteiger partial charge is 0.174 e. The first-order valence-corrected chi connectivity index (χ1v) is 8.21. The number of hydrogen-bond acceptors (Lipinski definition) is 5. The van der Waals surface area contributed by atoms with Crippen molar-refractivity contribution in [2.24, 2.45) is 0 Å². The average molecular weight is 441 g/mol. The van der Waals surface area contributed by atoms with E-state index >= 15 is 0 Å². The SMILES string of the molecule is COc1cc(C=C(C#N)C#N)cc(I)c1OCc1ccccc1C#N. The van der Waals surface area contributed by atoms with Gasteiger partial charge >= 0.3 is 0 Å². The summed E-state index contributed by atoms with van der Waals surface area (Å²) < 4.78 is 12.0. The van der Waals surface area contributed by atoms with Gasteiger partial charge in [0, 0.05) is 5.56 Å². The molecule has 0 spiro atoms. The third kappa shape index (κ3) is 4.50. The Labute approximate surface area is 159 Å². The highest BCUT2D eigenvalue weighted by Crippen LogP contribution is 2.35. The van der Waals surface area contributed by atoms with Crippen LogP contribution in [0.25, 0.3) is 6.08 Å². The van der Waals surface area contributed by atoms with Crippen LogP contribution in [0, 0.1) is 37.6 Å². The summed E-state index contributed by atoms with van der Waals surface area (Å²) in [5.41, 5.74) is 2.02. The molecular weight excluding hydrogens is 429 g/mol. The second-order valence-electron chi connectivity index (χ2n) is 4.87. The molecule has 122 valence electrons. The second-order valence-corrected chi connectivity index (χ2v) is 6.04. The quantitative estimate of drug-likeness (QED) is 0.513. The van der Waals surface area contributed by atoms with E-state index in [0.29, 0.717) is 22.6 Å². The molecule has 0 aliphatic rings. The molecule has 6 heteroatoms. The molecule has 0 saturated carbocycles. The summed E-state index contributed by atoms with van der Waals surface area (Å²) in [6, 6.07) is 16.5. The van der Waals surface area contributed by atoms with Gasteiger partial charge in [-0.2, -0.15) is 15.8 Å². The Balaban J connectivity index is 2.33. The average Bonchev–Trinajstić information content (AvgIpc) is 2.64. The number of methoxy groups -OCH3 is 1. The van der Waals surface area contributed by atoms with Gasteiger partial charge in [0.1, 0.15) is 24.3 Å². The molecule has 2 rings (SSSR count). The lowest BCUT2D eigenvalue weighted by Gasteiger charge is -2.14. The Morgan fingerprint density at radius 1 is 1.16 bits per heavy atom. The number of halogens is 1. The summed E-state index contributed by atoms with van der Waals surface area (Å²) in [7, 11) is 1.52. The van der Waals surface area contributed by atoms with E-state index in [2.05, 4.69) is 28.7 Å². The van der Waals surface area contributed by atoms with Crippen molar-refractivity contribution in [1.82, 2.24) is 0 Å². The van der Waals surface area contributed by atoms with Gasteiger partial charge in [-0.1, -0.05) is 18.2 Å². The first kappa shape index (κ1) is 18.3. The van der Waals surface area contributed by atoms with Gasteiger partial charge in [0.2, 0.25) is 0 Å². The number of rotatable bonds is 5. The molecule has 25 heavy (non-hydrogen) atoms. The van der Waals surface area contributed by atoms with E-state index in [0.717, 1.165) is 9.13 Å². The van der Waals surface area contributed by atoms with Crippen molar-refractivity contribution >= 4 is 28.7 Å². The van der Waals surface area contributed by atoms with Crippen LogP contribution in [0.3, 0.4) is 0 Å². The van der Waals surface area contributed by atoms with Crippen LogP contribution in [0.1, 0.15) is 16.7 Å². The molecule has 0 radical (unpaired) electrons. The standard InChI is InChI=1S/C19H12IN3O2/c1-24-18-8-13(6-14(9-21)10-22)7-17(20)19(18)25-12-16-5-3-2-4-15(16)11-23/h2-8H,12H2,1H3. The zero-order chi connectivity index (χ0) is 18.2. The monoisotopic (exact) mass is 441 g/mol. The van der Waals surface area contributed by atoms with Gasteiger partial charge in [0.15, 0.2) is 11.5 Å². The predicted molar refractivity (Wildman–Crippen MR) is 100 cm³/mol. The van der Waals surface area contributed by atoms with Gasteiger partial charge in [-0.3, -0.25) is 0 Å². The molecule has 0 aliphatic carbocycles. The number of allylic oxidation sites excluding steroid dienone is 1. The van der Waals surface area contributed by atoms with Crippen LogP contribution in [-0.4, -0.2) is 7.11 Å². The maximum absolute atomic E-state index is 9.15. The maximum atomic E-state index is 9.15. The largest absolute Gasteiger partial charge is 0.493 e.